The molecule has 1 aromatic carbocycles. The molecule has 0 atom stereocenters. The monoisotopic (exact) mass is 302 g/mol. The Morgan fingerprint density at radius 3 is 2.52 bits per heavy atom. The summed E-state index contributed by atoms with van der Waals surface area (Å²) in [4.78, 5) is 24.6. The number of hydrogen-bond donors (Lipinski definition) is 1. The number of rotatable bonds is 3. The molecule has 5 nitrogen and oxygen atoms in total. The van der Waals surface area contributed by atoms with E-state index in [4.69, 9.17) is 0 Å². The second-order valence-corrected chi connectivity index (χ2v) is 4.53. The summed E-state index contributed by atoms with van der Waals surface area (Å²) in [5.41, 5.74) is 0.556. The first kappa shape index (κ1) is 15.1. The highest BCUT2D eigenvalue weighted by molar-refractivity contribution is 5.86. The predicted molar refractivity (Wildman–Crippen MR) is 66.4 cm³/mol. The van der Waals surface area contributed by atoms with Crippen LogP contribution < -0.4 is 10.1 Å². The van der Waals surface area contributed by atoms with Crippen LogP contribution in [-0.2, 0) is 16.0 Å². The summed E-state index contributed by atoms with van der Waals surface area (Å²) < 4.78 is 39.8. The van der Waals surface area contributed by atoms with E-state index in [-0.39, 0.29) is 30.5 Å². The predicted octanol–water partition coefficient (Wildman–Crippen LogP) is 1.09. The van der Waals surface area contributed by atoms with Crippen molar-refractivity contribution < 1.29 is 27.5 Å². The lowest BCUT2D eigenvalue weighted by atomic mass is 10.1. The normalized spacial score (nSPS) is 15.6. The molecule has 2 amide bonds. The van der Waals surface area contributed by atoms with Gasteiger partial charge in [0.25, 0.3) is 0 Å². The Hall–Kier alpha value is -2.25. The van der Waals surface area contributed by atoms with Crippen LogP contribution in [0.4, 0.5) is 13.2 Å². The molecular weight excluding hydrogens is 289 g/mol. The fourth-order valence-corrected chi connectivity index (χ4v) is 1.95. The number of halogens is 3. The average molecular weight is 302 g/mol. The van der Waals surface area contributed by atoms with Gasteiger partial charge in [0.05, 0.1) is 13.0 Å². The van der Waals surface area contributed by atoms with Crippen molar-refractivity contribution >= 4 is 11.8 Å². The van der Waals surface area contributed by atoms with Crippen LogP contribution in [0.15, 0.2) is 24.3 Å². The highest BCUT2D eigenvalue weighted by Crippen LogP contribution is 2.22. The first-order chi connectivity index (χ1) is 9.83. The zero-order chi connectivity index (χ0) is 15.5. The third kappa shape index (κ3) is 4.66. The molecule has 1 aliphatic rings. The van der Waals surface area contributed by atoms with Gasteiger partial charge in [0.1, 0.15) is 5.75 Å². The van der Waals surface area contributed by atoms with Gasteiger partial charge in [0.2, 0.25) is 11.8 Å². The molecule has 1 saturated heterocycles. The van der Waals surface area contributed by atoms with E-state index in [2.05, 4.69) is 10.1 Å². The molecule has 1 aliphatic heterocycles. The number of nitrogens with one attached hydrogen (secondary N) is 1. The molecule has 1 heterocycles. The number of piperazine rings is 1. The minimum atomic E-state index is -4.74. The number of benzene rings is 1. The summed E-state index contributed by atoms with van der Waals surface area (Å²) in [6, 6.07) is 5.09. The van der Waals surface area contributed by atoms with Gasteiger partial charge in [-0.05, 0) is 17.7 Å². The summed E-state index contributed by atoms with van der Waals surface area (Å²) in [6.07, 6.45) is -4.71. The van der Waals surface area contributed by atoms with Crippen LogP contribution in [0.25, 0.3) is 0 Å². The Kier molecular flexibility index (Phi) is 4.35. The zero-order valence-electron chi connectivity index (χ0n) is 10.9. The molecule has 1 fully saturated rings. The van der Waals surface area contributed by atoms with Gasteiger partial charge in [0, 0.05) is 13.1 Å². The topological polar surface area (TPSA) is 58.6 Å². The molecule has 0 saturated carbocycles. The number of amides is 2. The fourth-order valence-electron chi connectivity index (χ4n) is 1.95. The largest absolute Gasteiger partial charge is 0.573 e. The van der Waals surface area contributed by atoms with Crippen molar-refractivity contribution in [2.75, 3.05) is 19.6 Å². The van der Waals surface area contributed by atoms with Gasteiger partial charge >= 0.3 is 6.36 Å². The van der Waals surface area contributed by atoms with E-state index in [0.29, 0.717) is 18.7 Å². The molecule has 114 valence electrons. The fraction of sp³-hybridized carbons (Fsp3) is 0.385. The number of ether oxygens (including phenoxy) is 1. The van der Waals surface area contributed by atoms with Crippen LogP contribution in [-0.4, -0.2) is 42.7 Å². The van der Waals surface area contributed by atoms with Gasteiger partial charge in [0.15, 0.2) is 0 Å². The minimum absolute atomic E-state index is 0.00804. The summed E-state index contributed by atoms with van der Waals surface area (Å²) in [7, 11) is 0. The zero-order valence-corrected chi connectivity index (χ0v) is 10.9. The Labute approximate surface area is 118 Å². The summed E-state index contributed by atoms with van der Waals surface area (Å²) in [5.74, 6) is -0.797. The molecule has 1 N–H and O–H groups in total. The van der Waals surface area contributed by atoms with Gasteiger partial charge in [-0.3, -0.25) is 9.59 Å². The van der Waals surface area contributed by atoms with Crippen LogP contribution in [0.1, 0.15) is 5.56 Å². The van der Waals surface area contributed by atoms with E-state index >= 15 is 0 Å². The second kappa shape index (κ2) is 6.02. The lowest BCUT2D eigenvalue weighted by Crippen LogP contribution is -2.50. The van der Waals surface area contributed by atoms with Crippen molar-refractivity contribution in [2.45, 2.75) is 12.8 Å². The van der Waals surface area contributed by atoms with Gasteiger partial charge in [-0.15, -0.1) is 13.2 Å². The molecule has 2 rings (SSSR count). The Morgan fingerprint density at radius 1 is 1.29 bits per heavy atom. The van der Waals surface area contributed by atoms with Crippen molar-refractivity contribution in [1.82, 2.24) is 10.2 Å². The van der Waals surface area contributed by atoms with Crippen molar-refractivity contribution in [3.8, 4) is 5.75 Å². The molecule has 0 bridgehead atoms. The molecule has 0 unspecified atom stereocenters. The quantitative estimate of drug-likeness (QED) is 0.909. The lowest BCUT2D eigenvalue weighted by molar-refractivity contribution is -0.274. The molecule has 8 heteroatoms. The van der Waals surface area contributed by atoms with Crippen molar-refractivity contribution in [1.29, 1.82) is 0 Å². The van der Waals surface area contributed by atoms with E-state index in [0.717, 1.165) is 12.1 Å². The lowest BCUT2D eigenvalue weighted by Gasteiger charge is -2.26. The van der Waals surface area contributed by atoms with Gasteiger partial charge in [-0.25, -0.2) is 0 Å². The number of nitrogens with zero attached hydrogens (tertiary/aromatic N) is 1. The van der Waals surface area contributed by atoms with Crippen LogP contribution in [0.5, 0.6) is 5.75 Å². The first-order valence-electron chi connectivity index (χ1n) is 6.23. The molecule has 0 aromatic heterocycles. The maximum atomic E-state index is 12.0. The third-order valence-corrected chi connectivity index (χ3v) is 2.90. The van der Waals surface area contributed by atoms with Crippen LogP contribution in [0.3, 0.4) is 0 Å². The maximum Gasteiger partial charge on any atom is 0.573 e. The SMILES string of the molecule is O=C1CN(C(=O)Cc2ccc(OC(F)(F)F)cc2)CCN1. The van der Waals surface area contributed by atoms with Crippen LogP contribution in [0, 0.1) is 0 Å². The molecule has 1 aromatic rings. The van der Waals surface area contributed by atoms with Gasteiger partial charge in [-0.2, -0.15) is 0 Å². The second-order valence-electron chi connectivity index (χ2n) is 4.53. The minimum Gasteiger partial charge on any atom is -0.406 e. The van der Waals surface area contributed by atoms with E-state index in [9.17, 15) is 22.8 Å². The van der Waals surface area contributed by atoms with E-state index in [1.165, 1.54) is 17.0 Å². The Bertz CT molecular complexity index is 528. The van der Waals surface area contributed by atoms with Crippen LogP contribution in [0.2, 0.25) is 0 Å². The highest BCUT2D eigenvalue weighted by atomic mass is 19.4. The smallest absolute Gasteiger partial charge is 0.406 e. The Morgan fingerprint density at radius 2 is 1.95 bits per heavy atom. The van der Waals surface area contributed by atoms with E-state index in [1.54, 1.807) is 0 Å². The molecule has 0 radical (unpaired) electrons. The third-order valence-electron chi connectivity index (χ3n) is 2.90. The summed E-state index contributed by atoms with van der Waals surface area (Å²) in [6.45, 7) is 0.844. The van der Waals surface area contributed by atoms with Crippen molar-refractivity contribution in [3.05, 3.63) is 29.8 Å². The van der Waals surface area contributed by atoms with Crippen molar-refractivity contribution in [2.24, 2.45) is 0 Å². The van der Waals surface area contributed by atoms with Gasteiger partial charge in [-0.1, -0.05) is 12.1 Å². The number of carbonyl (C=O) groups excluding carboxylic acids is 2. The first-order valence-corrected chi connectivity index (χ1v) is 6.23. The Balaban J connectivity index is 1.93. The standard InChI is InChI=1S/C13H13F3N2O3/c14-13(15,16)21-10-3-1-9(2-4-10)7-12(20)18-6-5-17-11(19)8-18/h1-4H,5-8H2,(H,17,19). The highest BCUT2D eigenvalue weighted by Gasteiger charge is 2.31. The number of hydrogen-bond acceptors (Lipinski definition) is 3. The van der Waals surface area contributed by atoms with Crippen molar-refractivity contribution in [3.63, 3.8) is 0 Å². The molecule has 0 aliphatic carbocycles. The van der Waals surface area contributed by atoms with Crippen LogP contribution >= 0.6 is 0 Å². The average Bonchev–Trinajstić information content (AvgIpc) is 2.39. The molecule has 21 heavy (non-hydrogen) atoms. The summed E-state index contributed by atoms with van der Waals surface area (Å²) >= 11 is 0. The number of alkyl halides is 3. The maximum absolute atomic E-state index is 12.0. The van der Waals surface area contributed by atoms with E-state index < -0.39 is 6.36 Å². The molecular formula is C13H13F3N2O3. The number of carbonyl (C=O) groups is 2. The molecule has 0 spiro atoms. The summed E-state index contributed by atoms with van der Waals surface area (Å²) in [5, 5.41) is 2.60. The van der Waals surface area contributed by atoms with E-state index in [1.807, 2.05) is 0 Å². The van der Waals surface area contributed by atoms with Gasteiger partial charge < -0.3 is 15.0 Å².